The second-order valence-electron chi connectivity index (χ2n) is 3.56. The van der Waals surface area contributed by atoms with Crippen LogP contribution >= 0.6 is 0 Å². The van der Waals surface area contributed by atoms with Crippen LogP contribution in [0.5, 0.6) is 0 Å². The van der Waals surface area contributed by atoms with Crippen LogP contribution in [0.2, 0.25) is 0 Å². The van der Waals surface area contributed by atoms with Crippen molar-refractivity contribution in [3.63, 3.8) is 0 Å². The molecule has 1 aliphatic carbocycles. The summed E-state index contributed by atoms with van der Waals surface area (Å²) in [6.45, 7) is 0. The monoisotopic (exact) mass is 186 g/mol. The highest BCUT2D eigenvalue weighted by atomic mass is 16.4. The Hall–Kier alpha value is -1.75. The van der Waals surface area contributed by atoms with E-state index in [2.05, 4.69) is 5.92 Å². The Balaban J connectivity index is 2.20. The number of carboxylic acid groups (broad SMARTS) is 1. The van der Waals surface area contributed by atoms with Crippen LogP contribution in [-0.2, 0) is 4.79 Å². The zero-order valence-corrected chi connectivity index (χ0v) is 7.60. The Morgan fingerprint density at radius 1 is 1.57 bits per heavy atom. The molecule has 0 heterocycles. The molecule has 0 radical (unpaired) electrons. The summed E-state index contributed by atoms with van der Waals surface area (Å²) >= 11 is 0. The molecule has 1 aromatic carbocycles. The van der Waals surface area contributed by atoms with Gasteiger partial charge in [0.1, 0.15) is 0 Å². The maximum atomic E-state index is 10.7. The van der Waals surface area contributed by atoms with E-state index in [0.29, 0.717) is 0 Å². The highest BCUT2D eigenvalue weighted by Gasteiger charge is 2.44. The summed E-state index contributed by atoms with van der Waals surface area (Å²) in [6.07, 6.45) is 6.01. The quantitative estimate of drug-likeness (QED) is 0.716. The van der Waals surface area contributed by atoms with Crippen LogP contribution in [0.1, 0.15) is 23.5 Å². The first-order valence-corrected chi connectivity index (χ1v) is 4.51. The van der Waals surface area contributed by atoms with Gasteiger partial charge in [0.15, 0.2) is 0 Å². The largest absolute Gasteiger partial charge is 0.481 e. The molecule has 70 valence electrons. The fourth-order valence-electron chi connectivity index (χ4n) is 1.70. The molecule has 0 amide bonds. The molecule has 14 heavy (non-hydrogen) atoms. The normalized spacial score (nSPS) is 23.9. The fourth-order valence-corrected chi connectivity index (χ4v) is 1.70. The lowest BCUT2D eigenvalue weighted by Crippen LogP contribution is -1.98. The molecule has 1 fully saturated rings. The number of carbonyl (C=O) groups is 1. The van der Waals surface area contributed by atoms with Crippen molar-refractivity contribution in [1.82, 2.24) is 0 Å². The van der Waals surface area contributed by atoms with E-state index in [1.54, 1.807) is 0 Å². The van der Waals surface area contributed by atoms with Gasteiger partial charge in [0.2, 0.25) is 0 Å². The molecule has 2 heteroatoms. The first-order chi connectivity index (χ1) is 6.72. The summed E-state index contributed by atoms with van der Waals surface area (Å²) in [6, 6.07) is 7.56. The first kappa shape index (κ1) is 8.83. The summed E-state index contributed by atoms with van der Waals surface area (Å²) in [5, 5.41) is 8.77. The summed E-state index contributed by atoms with van der Waals surface area (Å²) in [5.41, 5.74) is 1.87. The van der Waals surface area contributed by atoms with Crippen LogP contribution in [0.25, 0.3) is 0 Å². The van der Waals surface area contributed by atoms with Gasteiger partial charge >= 0.3 is 5.97 Å². The molecule has 0 spiro atoms. The SMILES string of the molecule is C#Cc1cccc(C2CC2C(=O)O)c1. The third-order valence-corrected chi connectivity index (χ3v) is 2.59. The van der Waals surface area contributed by atoms with Gasteiger partial charge in [0.25, 0.3) is 0 Å². The van der Waals surface area contributed by atoms with Crippen molar-refractivity contribution in [3.8, 4) is 12.3 Å². The third kappa shape index (κ3) is 1.49. The lowest BCUT2D eigenvalue weighted by atomic mass is 10.1. The summed E-state index contributed by atoms with van der Waals surface area (Å²) < 4.78 is 0. The molecule has 2 rings (SSSR count). The number of rotatable bonds is 2. The Kier molecular flexibility index (Phi) is 2.01. The molecule has 2 unspecified atom stereocenters. The molecule has 2 nitrogen and oxygen atoms in total. The van der Waals surface area contributed by atoms with E-state index in [1.165, 1.54) is 0 Å². The van der Waals surface area contributed by atoms with Crippen molar-refractivity contribution in [2.24, 2.45) is 5.92 Å². The van der Waals surface area contributed by atoms with Crippen molar-refractivity contribution < 1.29 is 9.90 Å². The minimum atomic E-state index is -0.707. The second-order valence-corrected chi connectivity index (χ2v) is 3.56. The van der Waals surface area contributed by atoms with E-state index in [-0.39, 0.29) is 11.8 Å². The summed E-state index contributed by atoms with van der Waals surface area (Å²) in [7, 11) is 0. The standard InChI is InChI=1S/C12H10O2/c1-2-8-4-3-5-9(6-8)10-7-11(10)12(13)14/h1,3-6,10-11H,7H2,(H,13,14). The molecule has 1 saturated carbocycles. The Morgan fingerprint density at radius 2 is 2.36 bits per heavy atom. The molecule has 1 aromatic rings. The van der Waals surface area contributed by atoms with E-state index in [1.807, 2.05) is 24.3 Å². The van der Waals surface area contributed by atoms with Crippen LogP contribution in [0, 0.1) is 18.3 Å². The Labute approximate surface area is 82.6 Å². The summed E-state index contributed by atoms with van der Waals surface area (Å²) in [5.74, 6) is 1.80. The van der Waals surface area contributed by atoms with E-state index in [9.17, 15) is 4.79 Å². The smallest absolute Gasteiger partial charge is 0.307 e. The Bertz CT molecular complexity index is 415. The fraction of sp³-hybridized carbons (Fsp3) is 0.250. The number of benzene rings is 1. The van der Waals surface area contributed by atoms with E-state index in [0.717, 1.165) is 17.5 Å². The van der Waals surface area contributed by atoms with Crippen LogP contribution < -0.4 is 0 Å². The predicted molar refractivity (Wildman–Crippen MR) is 52.9 cm³/mol. The summed E-state index contributed by atoms with van der Waals surface area (Å²) in [4.78, 5) is 10.7. The van der Waals surface area contributed by atoms with E-state index >= 15 is 0 Å². The molecule has 0 bridgehead atoms. The van der Waals surface area contributed by atoms with E-state index in [4.69, 9.17) is 11.5 Å². The highest BCUT2D eigenvalue weighted by Crippen LogP contribution is 2.47. The molecular formula is C12H10O2. The van der Waals surface area contributed by atoms with Gasteiger partial charge in [-0.1, -0.05) is 18.1 Å². The van der Waals surface area contributed by atoms with E-state index < -0.39 is 5.97 Å². The van der Waals surface area contributed by atoms with Gasteiger partial charge in [-0.25, -0.2) is 0 Å². The van der Waals surface area contributed by atoms with Gasteiger partial charge in [0, 0.05) is 5.56 Å². The maximum absolute atomic E-state index is 10.7. The van der Waals surface area contributed by atoms with Crippen molar-refractivity contribution in [3.05, 3.63) is 35.4 Å². The highest BCUT2D eigenvalue weighted by molar-refractivity contribution is 5.75. The number of terminal acetylenes is 1. The van der Waals surface area contributed by atoms with Crippen LogP contribution in [0.3, 0.4) is 0 Å². The van der Waals surface area contributed by atoms with Gasteiger partial charge in [-0.3, -0.25) is 4.79 Å². The van der Waals surface area contributed by atoms with Crippen LogP contribution in [0.15, 0.2) is 24.3 Å². The average Bonchev–Trinajstić information content (AvgIpc) is 2.97. The lowest BCUT2D eigenvalue weighted by molar-refractivity contribution is -0.138. The van der Waals surface area contributed by atoms with Gasteiger partial charge in [-0.15, -0.1) is 6.42 Å². The minimum Gasteiger partial charge on any atom is -0.481 e. The molecule has 2 atom stereocenters. The van der Waals surface area contributed by atoms with Crippen molar-refractivity contribution in [2.45, 2.75) is 12.3 Å². The molecule has 0 aromatic heterocycles. The number of aliphatic carboxylic acids is 1. The maximum Gasteiger partial charge on any atom is 0.307 e. The van der Waals surface area contributed by atoms with Crippen LogP contribution in [0.4, 0.5) is 0 Å². The zero-order valence-electron chi connectivity index (χ0n) is 7.60. The van der Waals surface area contributed by atoms with Gasteiger partial charge in [0.05, 0.1) is 5.92 Å². The second kappa shape index (κ2) is 3.19. The number of carboxylic acids is 1. The average molecular weight is 186 g/mol. The van der Waals surface area contributed by atoms with Crippen molar-refractivity contribution in [2.75, 3.05) is 0 Å². The van der Waals surface area contributed by atoms with Gasteiger partial charge in [-0.2, -0.15) is 0 Å². The van der Waals surface area contributed by atoms with Crippen LogP contribution in [-0.4, -0.2) is 11.1 Å². The molecule has 1 aliphatic rings. The zero-order chi connectivity index (χ0) is 10.1. The molecule has 0 saturated heterocycles. The first-order valence-electron chi connectivity index (χ1n) is 4.51. The Morgan fingerprint density at radius 3 is 2.93 bits per heavy atom. The third-order valence-electron chi connectivity index (χ3n) is 2.59. The van der Waals surface area contributed by atoms with Gasteiger partial charge in [-0.05, 0) is 30.0 Å². The topological polar surface area (TPSA) is 37.3 Å². The lowest BCUT2D eigenvalue weighted by Gasteiger charge is -1.98. The van der Waals surface area contributed by atoms with Gasteiger partial charge < -0.3 is 5.11 Å². The number of hydrogen-bond acceptors (Lipinski definition) is 1. The van der Waals surface area contributed by atoms with Crippen molar-refractivity contribution in [1.29, 1.82) is 0 Å². The van der Waals surface area contributed by atoms with Crippen molar-refractivity contribution >= 4 is 5.97 Å². The predicted octanol–water partition coefficient (Wildman–Crippen LogP) is 1.86. The molecule has 0 aliphatic heterocycles. The number of hydrogen-bond donors (Lipinski definition) is 1. The molecular weight excluding hydrogens is 176 g/mol. The molecule has 1 N–H and O–H groups in total. The minimum absolute atomic E-state index is 0.167.